The van der Waals surface area contributed by atoms with Crippen molar-refractivity contribution >= 4 is 26.9 Å². The number of anilines is 1. The number of phenolic OH excluding ortho intramolecular Hbond substituents is 1. The molecule has 4 heterocycles. The summed E-state index contributed by atoms with van der Waals surface area (Å²) < 4.78 is 0. The molecule has 172 valence electrons. The molecular formula is C24H29N7OS. The molecule has 0 atom stereocenters. The number of hydrogen-bond donors (Lipinski definition) is 3. The number of nitrogens with one attached hydrogen (secondary N) is 2. The van der Waals surface area contributed by atoms with Gasteiger partial charge in [-0.25, -0.2) is 9.97 Å². The smallest absolute Gasteiger partial charge is 0.191 e. The molecule has 0 spiro atoms. The van der Waals surface area contributed by atoms with Crippen LogP contribution >= 0.6 is 11.3 Å². The van der Waals surface area contributed by atoms with E-state index in [1.54, 1.807) is 36.0 Å². The molecule has 0 aliphatic carbocycles. The van der Waals surface area contributed by atoms with E-state index < -0.39 is 0 Å². The van der Waals surface area contributed by atoms with Crippen LogP contribution in [0.25, 0.3) is 32.9 Å². The van der Waals surface area contributed by atoms with Gasteiger partial charge in [0.15, 0.2) is 15.6 Å². The van der Waals surface area contributed by atoms with Crippen LogP contribution in [0, 0.1) is 0 Å². The summed E-state index contributed by atoms with van der Waals surface area (Å²) in [4.78, 5) is 17.1. The predicted octanol–water partition coefficient (Wildman–Crippen LogP) is 4.59. The van der Waals surface area contributed by atoms with E-state index in [1.807, 2.05) is 12.1 Å². The van der Waals surface area contributed by atoms with Crippen molar-refractivity contribution in [1.82, 2.24) is 30.5 Å². The second-order valence-corrected chi connectivity index (χ2v) is 11.1. The molecule has 33 heavy (non-hydrogen) atoms. The molecule has 0 amide bonds. The number of phenols is 1. The zero-order valence-electron chi connectivity index (χ0n) is 19.5. The van der Waals surface area contributed by atoms with Crippen LogP contribution in [0.1, 0.15) is 40.5 Å². The van der Waals surface area contributed by atoms with Crippen molar-refractivity contribution in [2.75, 3.05) is 11.9 Å². The summed E-state index contributed by atoms with van der Waals surface area (Å²) in [7, 11) is 2.11. The SMILES string of the molecule is CN(c1nc2ncc(-c3ccc(-c4cn[nH]c4)cc3O)nc2s1)C1CC(C)(C)NC(C)(C)C1. The number of hydrogen-bond acceptors (Lipinski definition) is 8. The van der Waals surface area contributed by atoms with Crippen LogP contribution in [0.5, 0.6) is 5.75 Å². The van der Waals surface area contributed by atoms with Crippen molar-refractivity contribution in [3.63, 3.8) is 0 Å². The number of aromatic nitrogens is 5. The van der Waals surface area contributed by atoms with E-state index >= 15 is 0 Å². The van der Waals surface area contributed by atoms with E-state index in [4.69, 9.17) is 9.97 Å². The lowest BCUT2D eigenvalue weighted by molar-refractivity contribution is 0.161. The number of fused-ring (bicyclic) bond motifs is 1. The Labute approximate surface area is 197 Å². The van der Waals surface area contributed by atoms with Crippen molar-refractivity contribution in [2.45, 2.75) is 57.7 Å². The minimum atomic E-state index is 0.0567. The highest BCUT2D eigenvalue weighted by atomic mass is 32.1. The largest absolute Gasteiger partial charge is 0.507 e. The summed E-state index contributed by atoms with van der Waals surface area (Å²) in [5.41, 5.74) is 3.81. The molecule has 3 N–H and O–H groups in total. The lowest BCUT2D eigenvalue weighted by Crippen LogP contribution is -2.61. The van der Waals surface area contributed by atoms with Crippen LogP contribution in [-0.2, 0) is 0 Å². The highest BCUT2D eigenvalue weighted by Crippen LogP contribution is 2.37. The number of thiazole rings is 1. The Morgan fingerprint density at radius 1 is 1.06 bits per heavy atom. The average Bonchev–Trinajstić information content (AvgIpc) is 3.40. The van der Waals surface area contributed by atoms with Gasteiger partial charge in [-0.05, 0) is 58.2 Å². The topological polar surface area (TPSA) is 103 Å². The molecule has 4 aromatic rings. The summed E-state index contributed by atoms with van der Waals surface area (Å²) in [6, 6.07) is 5.90. The molecular weight excluding hydrogens is 434 g/mol. The highest BCUT2D eigenvalue weighted by molar-refractivity contribution is 7.21. The van der Waals surface area contributed by atoms with E-state index in [9.17, 15) is 5.11 Å². The van der Waals surface area contributed by atoms with Gasteiger partial charge in [0.25, 0.3) is 0 Å². The number of nitrogens with zero attached hydrogens (tertiary/aromatic N) is 5. The zero-order valence-corrected chi connectivity index (χ0v) is 20.4. The van der Waals surface area contributed by atoms with Crippen molar-refractivity contribution in [3.05, 3.63) is 36.8 Å². The highest BCUT2D eigenvalue weighted by Gasteiger charge is 2.39. The van der Waals surface area contributed by atoms with Crippen LogP contribution in [-0.4, -0.2) is 54.4 Å². The first-order valence-electron chi connectivity index (χ1n) is 11.1. The van der Waals surface area contributed by atoms with Crippen molar-refractivity contribution < 1.29 is 5.11 Å². The Morgan fingerprint density at radius 3 is 2.48 bits per heavy atom. The third-order valence-electron chi connectivity index (χ3n) is 6.24. The van der Waals surface area contributed by atoms with Crippen molar-refractivity contribution in [3.8, 4) is 28.1 Å². The van der Waals surface area contributed by atoms with Gasteiger partial charge >= 0.3 is 0 Å². The zero-order chi connectivity index (χ0) is 23.4. The van der Waals surface area contributed by atoms with E-state index in [1.165, 1.54) is 0 Å². The summed E-state index contributed by atoms with van der Waals surface area (Å²) in [6.45, 7) is 9.03. The first-order chi connectivity index (χ1) is 15.6. The Kier molecular flexibility index (Phi) is 5.13. The standard InChI is InChI=1S/C24H29N7OS/c1-23(2)9-16(10-24(3,4)30-23)31(5)22-29-20-21(33-22)28-18(13-25-20)17-7-6-14(8-19(17)32)15-11-26-27-12-15/h6-8,11-13,16,30,32H,9-10H2,1-5H3,(H,26,27). The van der Waals surface area contributed by atoms with E-state index in [-0.39, 0.29) is 16.8 Å². The third kappa shape index (κ3) is 4.30. The van der Waals surface area contributed by atoms with Crippen LogP contribution in [0.4, 0.5) is 5.13 Å². The monoisotopic (exact) mass is 463 g/mol. The third-order valence-corrected chi connectivity index (χ3v) is 7.26. The quantitative estimate of drug-likeness (QED) is 0.407. The molecule has 3 aromatic heterocycles. The molecule has 1 fully saturated rings. The number of H-pyrrole nitrogens is 1. The van der Waals surface area contributed by atoms with E-state index in [0.29, 0.717) is 22.9 Å². The van der Waals surface area contributed by atoms with Gasteiger partial charge in [0.05, 0.1) is 18.1 Å². The van der Waals surface area contributed by atoms with Crippen LogP contribution in [0.2, 0.25) is 0 Å². The number of piperidine rings is 1. The summed E-state index contributed by atoms with van der Waals surface area (Å²) >= 11 is 1.54. The molecule has 8 nitrogen and oxygen atoms in total. The molecule has 0 bridgehead atoms. The van der Waals surface area contributed by atoms with Gasteiger partial charge in [0.2, 0.25) is 0 Å². The maximum absolute atomic E-state index is 10.7. The van der Waals surface area contributed by atoms with Gasteiger partial charge in [-0.15, -0.1) is 0 Å². The van der Waals surface area contributed by atoms with Crippen molar-refractivity contribution in [2.24, 2.45) is 0 Å². The molecule has 1 aliphatic heterocycles. The molecule has 9 heteroatoms. The fourth-order valence-corrected chi connectivity index (χ4v) is 5.96. The molecule has 1 aliphatic rings. The summed E-state index contributed by atoms with van der Waals surface area (Å²) in [6.07, 6.45) is 7.26. The van der Waals surface area contributed by atoms with Gasteiger partial charge in [0, 0.05) is 41.5 Å². The maximum atomic E-state index is 10.7. The molecule has 1 aromatic carbocycles. The number of aromatic amines is 1. The number of aromatic hydroxyl groups is 1. The van der Waals surface area contributed by atoms with Gasteiger partial charge in [-0.2, -0.15) is 10.1 Å². The second-order valence-electron chi connectivity index (χ2n) is 10.2. The van der Waals surface area contributed by atoms with Gasteiger partial charge < -0.3 is 15.3 Å². The fourth-order valence-electron chi connectivity index (χ4n) is 5.03. The fraction of sp³-hybridized carbons (Fsp3) is 0.417. The number of rotatable bonds is 4. The van der Waals surface area contributed by atoms with Crippen LogP contribution in [0.15, 0.2) is 36.8 Å². The maximum Gasteiger partial charge on any atom is 0.191 e. The minimum absolute atomic E-state index is 0.0567. The normalized spacial score (nSPS) is 18.0. The Hall–Kier alpha value is -3.04. The molecule has 0 saturated carbocycles. The molecule has 1 saturated heterocycles. The first kappa shape index (κ1) is 21.8. The predicted molar refractivity (Wildman–Crippen MR) is 133 cm³/mol. The van der Waals surface area contributed by atoms with E-state index in [2.05, 4.69) is 60.1 Å². The van der Waals surface area contributed by atoms with Gasteiger partial charge in [-0.1, -0.05) is 17.4 Å². The molecule has 0 radical (unpaired) electrons. The van der Waals surface area contributed by atoms with Gasteiger partial charge in [-0.3, -0.25) is 5.10 Å². The Balaban J connectivity index is 1.44. The lowest BCUT2D eigenvalue weighted by atomic mass is 9.79. The first-order valence-corrected chi connectivity index (χ1v) is 11.9. The molecule has 5 rings (SSSR count). The lowest BCUT2D eigenvalue weighted by Gasteiger charge is -2.48. The van der Waals surface area contributed by atoms with Crippen molar-refractivity contribution in [1.29, 1.82) is 0 Å². The number of benzene rings is 1. The average molecular weight is 464 g/mol. The second kappa shape index (κ2) is 7.78. The van der Waals surface area contributed by atoms with E-state index in [0.717, 1.165) is 33.9 Å². The van der Waals surface area contributed by atoms with Crippen LogP contribution < -0.4 is 10.2 Å². The van der Waals surface area contributed by atoms with Crippen LogP contribution in [0.3, 0.4) is 0 Å². The Bertz CT molecular complexity index is 1280. The molecule has 0 unspecified atom stereocenters. The summed E-state index contributed by atoms with van der Waals surface area (Å²) in [5.74, 6) is 0.156. The minimum Gasteiger partial charge on any atom is -0.507 e. The summed E-state index contributed by atoms with van der Waals surface area (Å²) in [5, 5.41) is 22.1. The Morgan fingerprint density at radius 2 is 1.82 bits per heavy atom. The van der Waals surface area contributed by atoms with Gasteiger partial charge in [0.1, 0.15) is 5.75 Å².